The van der Waals surface area contributed by atoms with Gasteiger partial charge in [-0.2, -0.15) is 4.98 Å². The minimum Gasteiger partial charge on any atom is -0.460 e. The summed E-state index contributed by atoms with van der Waals surface area (Å²) in [6, 6.07) is 13.4. The summed E-state index contributed by atoms with van der Waals surface area (Å²) >= 11 is 0. The Balaban J connectivity index is 1.93. The first kappa shape index (κ1) is 22.3. The van der Waals surface area contributed by atoms with E-state index in [2.05, 4.69) is 10.1 Å². The van der Waals surface area contributed by atoms with Gasteiger partial charge >= 0.3 is 12.1 Å². The molecule has 0 aliphatic rings. The van der Waals surface area contributed by atoms with Crippen molar-refractivity contribution in [3.8, 4) is 0 Å². The summed E-state index contributed by atoms with van der Waals surface area (Å²) in [6.07, 6.45) is -0.139. The molecule has 8 heteroatoms. The maximum atomic E-state index is 12.7. The predicted molar refractivity (Wildman–Crippen MR) is 115 cm³/mol. The normalized spacial score (nSPS) is 12.4. The highest BCUT2D eigenvalue weighted by Gasteiger charge is 2.31. The van der Waals surface area contributed by atoms with Crippen molar-refractivity contribution in [3.05, 3.63) is 59.7 Å². The van der Waals surface area contributed by atoms with Gasteiger partial charge in [0.1, 0.15) is 11.6 Å². The Hall–Kier alpha value is -3.42. The van der Waals surface area contributed by atoms with Gasteiger partial charge in [-0.15, -0.1) is 0 Å². The third-order valence-corrected chi connectivity index (χ3v) is 4.58. The van der Waals surface area contributed by atoms with Crippen molar-refractivity contribution in [3.63, 3.8) is 0 Å². The van der Waals surface area contributed by atoms with E-state index in [4.69, 9.17) is 14.0 Å². The Morgan fingerprint density at radius 2 is 1.84 bits per heavy atom. The number of carbonyl (C=O) groups excluding carboxylic acids is 2. The molecule has 1 aromatic heterocycles. The summed E-state index contributed by atoms with van der Waals surface area (Å²) in [5.41, 5.74) is 0.305. The smallest absolute Gasteiger partial charge is 0.410 e. The molecule has 3 rings (SSSR count). The molecule has 1 unspecified atom stereocenters. The molecule has 0 spiro atoms. The van der Waals surface area contributed by atoms with Crippen LogP contribution in [0, 0.1) is 0 Å². The van der Waals surface area contributed by atoms with Crippen molar-refractivity contribution in [2.45, 2.75) is 45.8 Å². The molecule has 0 aliphatic carbocycles. The highest BCUT2D eigenvalue weighted by Crippen LogP contribution is 2.27. The molecular formula is C23H27N3O5. The first-order valence-corrected chi connectivity index (χ1v) is 10.1. The van der Waals surface area contributed by atoms with Gasteiger partial charge in [0.25, 0.3) is 5.82 Å². The summed E-state index contributed by atoms with van der Waals surface area (Å²) in [5.74, 6) is -0.732. The fraction of sp³-hybridized carbons (Fsp3) is 0.391. The lowest BCUT2D eigenvalue weighted by Crippen LogP contribution is -2.37. The Labute approximate surface area is 181 Å². The van der Waals surface area contributed by atoms with Crippen LogP contribution in [0.5, 0.6) is 0 Å². The van der Waals surface area contributed by atoms with Crippen LogP contribution in [-0.4, -0.2) is 46.4 Å². The number of hydrogen-bond acceptors (Lipinski definition) is 7. The van der Waals surface area contributed by atoms with Crippen molar-refractivity contribution < 1.29 is 23.6 Å². The van der Waals surface area contributed by atoms with E-state index >= 15 is 0 Å². The van der Waals surface area contributed by atoms with Crippen molar-refractivity contribution in [1.82, 2.24) is 15.0 Å². The molecule has 0 fully saturated rings. The third kappa shape index (κ3) is 5.59. The van der Waals surface area contributed by atoms with Crippen molar-refractivity contribution in [1.29, 1.82) is 0 Å². The van der Waals surface area contributed by atoms with Crippen LogP contribution in [0.1, 0.15) is 55.8 Å². The van der Waals surface area contributed by atoms with E-state index in [0.29, 0.717) is 6.42 Å². The van der Waals surface area contributed by atoms with Crippen LogP contribution in [0.3, 0.4) is 0 Å². The summed E-state index contributed by atoms with van der Waals surface area (Å²) in [6.45, 7) is 7.27. The lowest BCUT2D eigenvalue weighted by Gasteiger charge is -2.29. The number of ether oxygens (including phenoxy) is 2. The quantitative estimate of drug-likeness (QED) is 0.535. The molecule has 8 nitrogen and oxygen atoms in total. The monoisotopic (exact) mass is 425 g/mol. The van der Waals surface area contributed by atoms with E-state index in [0.717, 1.165) is 16.3 Å². The fourth-order valence-corrected chi connectivity index (χ4v) is 3.09. The van der Waals surface area contributed by atoms with Gasteiger partial charge in [-0.05, 0) is 49.2 Å². The summed E-state index contributed by atoms with van der Waals surface area (Å²) in [4.78, 5) is 30.3. The molecule has 1 atom stereocenters. The molecule has 1 amide bonds. The van der Waals surface area contributed by atoms with E-state index in [1.54, 1.807) is 34.7 Å². The highest BCUT2D eigenvalue weighted by atomic mass is 16.6. The zero-order chi connectivity index (χ0) is 22.6. The maximum Gasteiger partial charge on any atom is 0.410 e. The second kappa shape index (κ2) is 9.16. The topological polar surface area (TPSA) is 94.8 Å². The number of hydrogen-bond donors (Lipinski definition) is 0. The lowest BCUT2D eigenvalue weighted by molar-refractivity contribution is 0.0190. The maximum absolute atomic E-state index is 12.7. The summed E-state index contributed by atoms with van der Waals surface area (Å²) in [5, 5.41) is 5.92. The molecule has 0 saturated heterocycles. The SMILES string of the molecule is CCOC(=O)c1noc(C(Cc2ccc3ccccc3c2)N(C)C(=O)OC(C)(C)C)n1. The zero-order valence-electron chi connectivity index (χ0n) is 18.4. The Morgan fingerprint density at radius 3 is 2.52 bits per heavy atom. The van der Waals surface area contributed by atoms with Gasteiger partial charge in [0.15, 0.2) is 0 Å². The van der Waals surface area contributed by atoms with Gasteiger partial charge < -0.3 is 14.0 Å². The molecule has 31 heavy (non-hydrogen) atoms. The molecule has 0 bridgehead atoms. The average Bonchev–Trinajstić information content (AvgIpc) is 3.20. The number of fused-ring (bicyclic) bond motifs is 1. The van der Waals surface area contributed by atoms with Crippen LogP contribution >= 0.6 is 0 Å². The van der Waals surface area contributed by atoms with Crippen LogP contribution in [0.2, 0.25) is 0 Å². The Bertz CT molecular complexity index is 1070. The molecule has 0 aliphatic heterocycles. The predicted octanol–water partition coefficient (Wildman–Crippen LogP) is 4.55. The third-order valence-electron chi connectivity index (χ3n) is 4.58. The van der Waals surface area contributed by atoms with Crippen LogP contribution in [-0.2, 0) is 15.9 Å². The van der Waals surface area contributed by atoms with Gasteiger partial charge in [-0.1, -0.05) is 42.5 Å². The number of likely N-dealkylation sites (N-methyl/N-ethyl adjacent to an activating group) is 1. The standard InChI is InChI=1S/C23H27N3O5/c1-6-29-21(27)19-24-20(31-25-19)18(26(5)22(28)30-23(2,3)4)14-15-11-12-16-9-7-8-10-17(16)13-15/h7-13,18H,6,14H2,1-5H3. The number of rotatable bonds is 6. The number of benzene rings is 2. The fourth-order valence-electron chi connectivity index (χ4n) is 3.09. The molecular weight excluding hydrogens is 398 g/mol. The van der Waals surface area contributed by atoms with Crippen molar-refractivity contribution in [2.75, 3.05) is 13.7 Å². The van der Waals surface area contributed by atoms with Gasteiger partial charge in [-0.3, -0.25) is 4.90 Å². The minimum absolute atomic E-state index is 0.129. The highest BCUT2D eigenvalue weighted by molar-refractivity contribution is 5.85. The molecule has 0 saturated carbocycles. The van der Waals surface area contributed by atoms with Crippen LogP contribution in [0.4, 0.5) is 4.79 Å². The molecule has 1 heterocycles. The minimum atomic E-state index is -0.679. The van der Waals surface area contributed by atoms with Gasteiger partial charge in [0, 0.05) is 13.5 Å². The first-order valence-electron chi connectivity index (χ1n) is 10.1. The van der Waals surface area contributed by atoms with Crippen LogP contribution < -0.4 is 0 Å². The molecule has 2 aromatic carbocycles. The largest absolute Gasteiger partial charge is 0.460 e. The van der Waals surface area contributed by atoms with E-state index in [9.17, 15) is 9.59 Å². The second-order valence-electron chi connectivity index (χ2n) is 8.17. The Kier molecular flexibility index (Phi) is 6.58. The first-order chi connectivity index (χ1) is 14.7. The Morgan fingerprint density at radius 1 is 1.13 bits per heavy atom. The molecule has 0 radical (unpaired) electrons. The van der Waals surface area contributed by atoms with Crippen molar-refractivity contribution >= 4 is 22.8 Å². The van der Waals surface area contributed by atoms with Crippen molar-refractivity contribution in [2.24, 2.45) is 0 Å². The van der Waals surface area contributed by atoms with E-state index in [1.165, 1.54) is 4.90 Å². The number of nitrogens with zero attached hydrogens (tertiary/aromatic N) is 3. The number of amides is 1. The van der Waals surface area contributed by atoms with Crippen LogP contribution in [0.15, 0.2) is 47.0 Å². The van der Waals surface area contributed by atoms with E-state index in [-0.39, 0.29) is 18.3 Å². The second-order valence-corrected chi connectivity index (χ2v) is 8.17. The number of aromatic nitrogens is 2. The lowest BCUT2D eigenvalue weighted by atomic mass is 10.0. The summed E-state index contributed by atoms with van der Waals surface area (Å²) < 4.78 is 15.8. The van der Waals surface area contributed by atoms with Gasteiger partial charge in [0.2, 0.25) is 5.89 Å². The van der Waals surface area contributed by atoms with E-state index in [1.807, 2.05) is 42.5 Å². The molecule has 164 valence electrons. The zero-order valence-corrected chi connectivity index (χ0v) is 18.4. The number of esters is 1. The average molecular weight is 425 g/mol. The number of carbonyl (C=O) groups is 2. The van der Waals surface area contributed by atoms with Crippen LogP contribution in [0.25, 0.3) is 10.8 Å². The van der Waals surface area contributed by atoms with Gasteiger partial charge in [-0.25, -0.2) is 9.59 Å². The molecule has 3 aromatic rings. The summed E-state index contributed by atoms with van der Waals surface area (Å²) in [7, 11) is 1.61. The molecule has 0 N–H and O–H groups in total. The van der Waals surface area contributed by atoms with E-state index < -0.39 is 23.7 Å². The van der Waals surface area contributed by atoms with Gasteiger partial charge in [0.05, 0.1) is 6.61 Å².